The van der Waals surface area contributed by atoms with Crippen LogP contribution < -0.4 is 11.3 Å². The summed E-state index contributed by atoms with van der Waals surface area (Å²) in [6.07, 6.45) is 2.98. The number of aromatic nitrogens is 2. The van der Waals surface area contributed by atoms with E-state index < -0.39 is 0 Å². The predicted molar refractivity (Wildman–Crippen MR) is 67.3 cm³/mol. The molecule has 3 atom stereocenters. The van der Waals surface area contributed by atoms with Gasteiger partial charge in [0.2, 0.25) is 0 Å². The van der Waals surface area contributed by atoms with Gasteiger partial charge in [0, 0.05) is 0 Å². The zero-order chi connectivity index (χ0) is 11.7. The predicted octanol–water partition coefficient (Wildman–Crippen LogP) is 1.85. The molecule has 1 saturated carbocycles. The van der Waals surface area contributed by atoms with Crippen molar-refractivity contribution in [1.29, 1.82) is 0 Å². The highest BCUT2D eigenvalue weighted by Crippen LogP contribution is 2.54. The van der Waals surface area contributed by atoms with E-state index in [2.05, 4.69) is 39.3 Å². The van der Waals surface area contributed by atoms with Crippen LogP contribution in [0.15, 0.2) is 36.5 Å². The van der Waals surface area contributed by atoms with Crippen LogP contribution in [0.2, 0.25) is 0 Å². The molecule has 1 aromatic carbocycles. The number of nitrogens with one attached hydrogen (secondary N) is 1. The Kier molecular flexibility index (Phi) is 2.88. The zero-order valence-electron chi connectivity index (χ0n) is 9.28. The fraction of sp³-hybridized carbons (Fsp3) is 0.333. The monoisotopic (exact) mass is 246 g/mol. The number of hydrogen-bond donors (Lipinski definition) is 2. The van der Waals surface area contributed by atoms with E-state index >= 15 is 0 Å². The van der Waals surface area contributed by atoms with Gasteiger partial charge in [-0.25, -0.2) is 0 Å². The first kappa shape index (κ1) is 10.8. The van der Waals surface area contributed by atoms with Crippen LogP contribution in [0.5, 0.6) is 0 Å². The van der Waals surface area contributed by atoms with Gasteiger partial charge in [-0.2, -0.15) is 0 Å². The van der Waals surface area contributed by atoms with Crippen molar-refractivity contribution in [3.05, 3.63) is 47.0 Å². The molecule has 0 saturated heterocycles. The molecule has 0 radical (unpaired) electrons. The van der Waals surface area contributed by atoms with Gasteiger partial charge in [-0.15, -0.1) is 5.10 Å². The molecule has 3 rings (SSSR count). The highest BCUT2D eigenvalue weighted by molar-refractivity contribution is 7.05. The van der Waals surface area contributed by atoms with E-state index in [9.17, 15) is 0 Å². The first-order chi connectivity index (χ1) is 8.40. The van der Waals surface area contributed by atoms with Crippen LogP contribution in [0.3, 0.4) is 0 Å². The third-order valence-corrected chi connectivity index (χ3v) is 4.11. The summed E-state index contributed by atoms with van der Waals surface area (Å²) in [5.41, 5.74) is 4.29. The van der Waals surface area contributed by atoms with E-state index in [-0.39, 0.29) is 6.04 Å². The van der Waals surface area contributed by atoms with Gasteiger partial charge in [-0.1, -0.05) is 34.8 Å². The second-order valence-electron chi connectivity index (χ2n) is 4.38. The Labute approximate surface area is 104 Å². The van der Waals surface area contributed by atoms with Crippen molar-refractivity contribution in [2.45, 2.75) is 18.4 Å². The van der Waals surface area contributed by atoms with E-state index in [1.165, 1.54) is 23.5 Å². The quantitative estimate of drug-likeness (QED) is 0.638. The van der Waals surface area contributed by atoms with E-state index in [1.807, 2.05) is 6.07 Å². The Morgan fingerprint density at radius 2 is 2.18 bits per heavy atom. The molecular formula is C12H14N4S. The first-order valence-corrected chi connectivity index (χ1v) is 6.46. The molecular weight excluding hydrogens is 232 g/mol. The Balaban J connectivity index is 1.75. The molecule has 88 valence electrons. The maximum absolute atomic E-state index is 5.65. The second-order valence-corrected chi connectivity index (χ2v) is 5.20. The van der Waals surface area contributed by atoms with Crippen LogP contribution in [0.4, 0.5) is 0 Å². The van der Waals surface area contributed by atoms with Gasteiger partial charge < -0.3 is 0 Å². The molecule has 1 heterocycles. The second kappa shape index (κ2) is 4.52. The lowest BCUT2D eigenvalue weighted by Gasteiger charge is -2.12. The fourth-order valence-electron chi connectivity index (χ4n) is 2.40. The van der Waals surface area contributed by atoms with Crippen LogP contribution in [-0.4, -0.2) is 9.59 Å². The van der Waals surface area contributed by atoms with E-state index in [0.29, 0.717) is 11.8 Å². The van der Waals surface area contributed by atoms with Crippen LogP contribution in [-0.2, 0) is 0 Å². The van der Waals surface area contributed by atoms with Crippen molar-refractivity contribution in [2.75, 3.05) is 0 Å². The maximum Gasteiger partial charge on any atom is 0.0669 e. The number of hydrogen-bond acceptors (Lipinski definition) is 5. The molecule has 17 heavy (non-hydrogen) atoms. The third kappa shape index (κ3) is 2.09. The normalized spacial score (nSPS) is 24.5. The molecule has 1 aliphatic rings. The number of benzene rings is 1. The molecule has 0 aliphatic heterocycles. The van der Waals surface area contributed by atoms with Gasteiger partial charge in [0.25, 0.3) is 0 Å². The van der Waals surface area contributed by atoms with Crippen molar-refractivity contribution in [1.82, 2.24) is 15.0 Å². The molecule has 5 heteroatoms. The summed E-state index contributed by atoms with van der Waals surface area (Å²) in [6, 6.07) is 10.8. The molecule has 3 unspecified atom stereocenters. The highest BCUT2D eigenvalue weighted by Gasteiger charge is 2.44. The number of nitrogens with zero attached hydrogens (tertiary/aromatic N) is 2. The Bertz CT molecular complexity index is 471. The molecule has 1 aliphatic carbocycles. The van der Waals surface area contributed by atoms with Gasteiger partial charge in [0.05, 0.1) is 17.1 Å². The van der Waals surface area contributed by atoms with E-state index in [0.717, 1.165) is 4.88 Å². The van der Waals surface area contributed by atoms with Crippen LogP contribution in [0.1, 0.15) is 28.8 Å². The third-order valence-electron chi connectivity index (χ3n) is 3.36. The van der Waals surface area contributed by atoms with Crippen LogP contribution >= 0.6 is 11.5 Å². The lowest BCUT2D eigenvalue weighted by Crippen LogP contribution is -2.29. The standard InChI is InChI=1S/C12H14N4S/c13-15-12(11-7-14-16-17-11)10-6-9(10)8-4-2-1-3-5-8/h1-5,7,9-10,12,15H,6,13H2. The van der Waals surface area contributed by atoms with Crippen LogP contribution in [0.25, 0.3) is 0 Å². The number of rotatable bonds is 4. The SMILES string of the molecule is NNC(c1cnns1)C1CC1c1ccccc1. The minimum atomic E-state index is 0.181. The van der Waals surface area contributed by atoms with Crippen molar-refractivity contribution in [3.8, 4) is 0 Å². The molecule has 0 amide bonds. The molecule has 3 N–H and O–H groups in total. The molecule has 0 bridgehead atoms. The van der Waals surface area contributed by atoms with Crippen LogP contribution in [0, 0.1) is 5.92 Å². The largest absolute Gasteiger partial charge is 0.271 e. The summed E-state index contributed by atoms with van der Waals surface area (Å²) in [6.45, 7) is 0. The molecule has 0 spiro atoms. The molecule has 2 aromatic rings. The Morgan fingerprint density at radius 1 is 1.35 bits per heavy atom. The van der Waals surface area contributed by atoms with Gasteiger partial charge in [-0.05, 0) is 35.4 Å². The van der Waals surface area contributed by atoms with Crippen molar-refractivity contribution in [2.24, 2.45) is 11.8 Å². The Morgan fingerprint density at radius 3 is 2.82 bits per heavy atom. The first-order valence-electron chi connectivity index (χ1n) is 5.68. The summed E-state index contributed by atoms with van der Waals surface area (Å²) in [4.78, 5) is 1.12. The zero-order valence-corrected chi connectivity index (χ0v) is 10.1. The van der Waals surface area contributed by atoms with Gasteiger partial charge >= 0.3 is 0 Å². The maximum atomic E-state index is 5.65. The van der Waals surface area contributed by atoms with Crippen molar-refractivity contribution in [3.63, 3.8) is 0 Å². The Hall–Kier alpha value is -1.30. The molecule has 4 nitrogen and oxygen atoms in total. The summed E-state index contributed by atoms with van der Waals surface area (Å²) >= 11 is 1.42. The fourth-order valence-corrected chi connectivity index (χ4v) is 3.03. The minimum absolute atomic E-state index is 0.181. The van der Waals surface area contributed by atoms with Gasteiger partial charge in [-0.3, -0.25) is 11.3 Å². The van der Waals surface area contributed by atoms with E-state index in [4.69, 9.17) is 5.84 Å². The van der Waals surface area contributed by atoms with Gasteiger partial charge in [0.1, 0.15) is 0 Å². The van der Waals surface area contributed by atoms with E-state index in [1.54, 1.807) is 6.20 Å². The van der Waals surface area contributed by atoms with Crippen molar-refractivity contribution < 1.29 is 0 Å². The summed E-state index contributed by atoms with van der Waals surface area (Å²) in [5.74, 6) is 6.82. The lowest BCUT2D eigenvalue weighted by atomic mass is 10.1. The van der Waals surface area contributed by atoms with Crippen molar-refractivity contribution >= 4 is 11.5 Å². The summed E-state index contributed by atoms with van der Waals surface area (Å²) < 4.78 is 3.90. The topological polar surface area (TPSA) is 63.8 Å². The smallest absolute Gasteiger partial charge is 0.0669 e. The average Bonchev–Trinajstić information content (AvgIpc) is 2.97. The molecule has 1 aromatic heterocycles. The number of nitrogens with two attached hydrogens (primary N) is 1. The summed E-state index contributed by atoms with van der Waals surface area (Å²) in [5, 5.41) is 3.87. The lowest BCUT2D eigenvalue weighted by molar-refractivity contribution is 0.494. The molecule has 1 fully saturated rings. The summed E-state index contributed by atoms with van der Waals surface area (Å²) in [7, 11) is 0. The number of hydrazine groups is 1. The highest BCUT2D eigenvalue weighted by atomic mass is 32.1. The minimum Gasteiger partial charge on any atom is -0.271 e. The average molecular weight is 246 g/mol. The van der Waals surface area contributed by atoms with Gasteiger partial charge in [0.15, 0.2) is 0 Å².